The summed E-state index contributed by atoms with van der Waals surface area (Å²) in [5, 5.41) is 8.09. The monoisotopic (exact) mass is 274 g/mol. The highest BCUT2D eigenvalue weighted by Crippen LogP contribution is 2.19. The van der Waals surface area contributed by atoms with Gasteiger partial charge in [-0.2, -0.15) is 0 Å². The molecule has 1 aromatic carbocycles. The van der Waals surface area contributed by atoms with Gasteiger partial charge in [0.2, 0.25) is 0 Å². The molecular weight excluding hydrogens is 256 g/mol. The van der Waals surface area contributed by atoms with Crippen LogP contribution in [0.15, 0.2) is 28.7 Å². The number of hydrogen-bond acceptors (Lipinski definition) is 6. The van der Waals surface area contributed by atoms with Gasteiger partial charge in [0.25, 0.3) is 5.89 Å². The summed E-state index contributed by atoms with van der Waals surface area (Å²) >= 11 is 0. The quantitative estimate of drug-likeness (QED) is 0.861. The van der Waals surface area contributed by atoms with E-state index < -0.39 is 0 Å². The maximum absolute atomic E-state index is 5.62. The molecule has 0 unspecified atom stereocenters. The Balaban J connectivity index is 1.58. The predicted octanol–water partition coefficient (Wildman–Crippen LogP) is 2.22. The van der Waals surface area contributed by atoms with Crippen LogP contribution in [-0.2, 0) is 6.61 Å². The number of aromatic nitrogens is 2. The van der Waals surface area contributed by atoms with Crippen LogP contribution < -0.4 is 15.4 Å². The molecule has 1 aliphatic heterocycles. The first-order valence-electron chi connectivity index (χ1n) is 6.87. The summed E-state index contributed by atoms with van der Waals surface area (Å²) in [5.41, 5.74) is 6.33. The average Bonchev–Trinajstić information content (AvgIpc) is 2.97. The molecule has 1 aliphatic rings. The highest BCUT2D eigenvalue weighted by molar-refractivity contribution is 5.41. The number of nitrogens with zero attached hydrogens (tertiary/aromatic N) is 3. The van der Waals surface area contributed by atoms with Gasteiger partial charge in [-0.1, -0.05) is 5.10 Å². The van der Waals surface area contributed by atoms with E-state index in [9.17, 15) is 0 Å². The molecule has 0 amide bonds. The molecule has 2 N–H and O–H groups in total. The summed E-state index contributed by atoms with van der Waals surface area (Å²) < 4.78 is 11.2. The lowest BCUT2D eigenvalue weighted by Gasteiger charge is -2.24. The van der Waals surface area contributed by atoms with Crippen molar-refractivity contribution in [1.82, 2.24) is 10.2 Å². The molecule has 1 fully saturated rings. The van der Waals surface area contributed by atoms with E-state index in [0.29, 0.717) is 17.6 Å². The molecular formula is C14H18N4O2. The second kappa shape index (κ2) is 5.81. The Morgan fingerprint density at radius 3 is 2.60 bits per heavy atom. The number of nitrogen functional groups attached to an aromatic ring is 1. The van der Waals surface area contributed by atoms with Crippen LogP contribution in [0.2, 0.25) is 0 Å². The molecule has 0 spiro atoms. The van der Waals surface area contributed by atoms with E-state index in [1.807, 2.05) is 12.1 Å². The van der Waals surface area contributed by atoms with E-state index in [2.05, 4.69) is 15.1 Å². The van der Waals surface area contributed by atoms with E-state index in [0.717, 1.165) is 18.8 Å². The fraction of sp³-hybridized carbons (Fsp3) is 0.429. The van der Waals surface area contributed by atoms with Crippen molar-refractivity contribution in [1.29, 1.82) is 0 Å². The first-order valence-corrected chi connectivity index (χ1v) is 6.87. The van der Waals surface area contributed by atoms with Gasteiger partial charge in [0.05, 0.1) is 0 Å². The molecule has 106 valence electrons. The average molecular weight is 274 g/mol. The molecule has 2 aromatic rings. The second-order valence-corrected chi connectivity index (χ2v) is 4.88. The Bertz CT molecular complexity index is 547. The minimum atomic E-state index is 0.269. The first kappa shape index (κ1) is 12.8. The molecule has 1 saturated heterocycles. The van der Waals surface area contributed by atoms with Crippen LogP contribution in [0.25, 0.3) is 0 Å². The highest BCUT2D eigenvalue weighted by atomic mass is 16.5. The molecule has 3 rings (SSSR count). The van der Waals surface area contributed by atoms with Gasteiger partial charge in [0.1, 0.15) is 5.75 Å². The van der Waals surface area contributed by atoms with Crippen molar-refractivity contribution >= 4 is 11.7 Å². The topological polar surface area (TPSA) is 77.4 Å². The molecule has 0 bridgehead atoms. The molecule has 20 heavy (non-hydrogen) atoms. The summed E-state index contributed by atoms with van der Waals surface area (Å²) in [5.74, 6) is 1.22. The third kappa shape index (κ3) is 3.01. The summed E-state index contributed by atoms with van der Waals surface area (Å²) in [7, 11) is 0. The second-order valence-electron chi connectivity index (χ2n) is 4.88. The van der Waals surface area contributed by atoms with Crippen LogP contribution >= 0.6 is 0 Å². The Morgan fingerprint density at radius 1 is 1.10 bits per heavy atom. The Morgan fingerprint density at radius 2 is 1.85 bits per heavy atom. The lowest BCUT2D eigenvalue weighted by molar-refractivity contribution is 0.263. The fourth-order valence-corrected chi connectivity index (χ4v) is 2.23. The Labute approximate surface area is 117 Å². The van der Waals surface area contributed by atoms with Crippen molar-refractivity contribution in [3.8, 4) is 5.75 Å². The highest BCUT2D eigenvalue weighted by Gasteiger charge is 2.17. The third-order valence-corrected chi connectivity index (χ3v) is 3.33. The zero-order valence-electron chi connectivity index (χ0n) is 11.3. The molecule has 0 aliphatic carbocycles. The lowest BCUT2D eigenvalue weighted by atomic mass is 10.1. The Kier molecular flexibility index (Phi) is 3.71. The minimum Gasteiger partial charge on any atom is -0.484 e. The van der Waals surface area contributed by atoms with Gasteiger partial charge in [-0.05, 0) is 43.5 Å². The predicted molar refractivity (Wildman–Crippen MR) is 75.5 cm³/mol. The van der Waals surface area contributed by atoms with Gasteiger partial charge in [-0.15, -0.1) is 5.10 Å². The van der Waals surface area contributed by atoms with Crippen molar-refractivity contribution in [2.24, 2.45) is 0 Å². The normalized spacial score (nSPS) is 15.3. The van der Waals surface area contributed by atoms with E-state index >= 15 is 0 Å². The molecule has 6 nitrogen and oxygen atoms in total. The van der Waals surface area contributed by atoms with Crippen molar-refractivity contribution in [3.05, 3.63) is 30.2 Å². The maximum atomic E-state index is 5.62. The van der Waals surface area contributed by atoms with Crippen molar-refractivity contribution in [2.75, 3.05) is 23.7 Å². The summed E-state index contributed by atoms with van der Waals surface area (Å²) in [4.78, 5) is 2.13. The Hall–Kier alpha value is -2.24. The number of rotatable bonds is 4. The number of ether oxygens (including phenoxy) is 1. The van der Waals surface area contributed by atoms with E-state index in [-0.39, 0.29) is 6.61 Å². The van der Waals surface area contributed by atoms with Gasteiger partial charge in [0, 0.05) is 18.8 Å². The number of piperidine rings is 1. The molecule has 0 atom stereocenters. The molecule has 1 aromatic heterocycles. The molecule has 0 saturated carbocycles. The van der Waals surface area contributed by atoms with Gasteiger partial charge >= 0.3 is 6.01 Å². The van der Waals surface area contributed by atoms with Crippen LogP contribution in [0.3, 0.4) is 0 Å². The van der Waals surface area contributed by atoms with E-state index in [4.69, 9.17) is 14.9 Å². The van der Waals surface area contributed by atoms with Crippen molar-refractivity contribution in [3.63, 3.8) is 0 Å². The van der Waals surface area contributed by atoms with Crippen LogP contribution in [0.1, 0.15) is 25.2 Å². The van der Waals surface area contributed by atoms with Gasteiger partial charge in [-0.3, -0.25) is 0 Å². The maximum Gasteiger partial charge on any atom is 0.318 e. The summed E-state index contributed by atoms with van der Waals surface area (Å²) in [6, 6.07) is 7.82. The first-order chi connectivity index (χ1) is 9.81. The zero-order valence-corrected chi connectivity index (χ0v) is 11.3. The SMILES string of the molecule is Nc1ccc(OCc2nnc(N3CCCCC3)o2)cc1. The number of benzene rings is 1. The van der Waals surface area contributed by atoms with Gasteiger partial charge < -0.3 is 19.8 Å². The number of hydrogen-bond donors (Lipinski definition) is 1. The van der Waals surface area contributed by atoms with Crippen LogP contribution in [0.4, 0.5) is 11.7 Å². The standard InChI is InChI=1S/C14H18N4O2/c15-11-4-6-12(7-5-11)19-10-13-16-17-14(20-13)18-8-2-1-3-9-18/h4-7H,1-3,8-10,15H2. The van der Waals surface area contributed by atoms with Crippen LogP contribution in [0.5, 0.6) is 5.75 Å². The third-order valence-electron chi connectivity index (χ3n) is 3.33. The molecule has 0 radical (unpaired) electrons. The summed E-state index contributed by atoms with van der Waals surface area (Å²) in [6.07, 6.45) is 3.64. The zero-order chi connectivity index (χ0) is 13.8. The fourth-order valence-electron chi connectivity index (χ4n) is 2.23. The largest absolute Gasteiger partial charge is 0.484 e. The van der Waals surface area contributed by atoms with E-state index in [1.54, 1.807) is 12.1 Å². The van der Waals surface area contributed by atoms with Gasteiger partial charge in [0.15, 0.2) is 6.61 Å². The van der Waals surface area contributed by atoms with Crippen molar-refractivity contribution in [2.45, 2.75) is 25.9 Å². The molecule has 6 heteroatoms. The van der Waals surface area contributed by atoms with E-state index in [1.165, 1.54) is 19.3 Å². The number of anilines is 2. The van der Waals surface area contributed by atoms with Gasteiger partial charge in [-0.25, -0.2) is 0 Å². The minimum absolute atomic E-state index is 0.269. The number of nitrogens with two attached hydrogens (primary N) is 1. The lowest BCUT2D eigenvalue weighted by Crippen LogP contribution is -2.29. The van der Waals surface area contributed by atoms with Crippen LogP contribution in [-0.4, -0.2) is 23.3 Å². The van der Waals surface area contributed by atoms with Crippen LogP contribution in [0, 0.1) is 0 Å². The van der Waals surface area contributed by atoms with Crippen molar-refractivity contribution < 1.29 is 9.15 Å². The summed E-state index contributed by atoms with van der Waals surface area (Å²) in [6.45, 7) is 2.24. The molecule has 2 heterocycles. The smallest absolute Gasteiger partial charge is 0.318 e.